The highest BCUT2D eigenvalue weighted by molar-refractivity contribution is 6.30. The van der Waals surface area contributed by atoms with Crippen LogP contribution >= 0.6 is 11.6 Å². The Kier molecular flexibility index (Phi) is 7.33. The van der Waals surface area contributed by atoms with Crippen LogP contribution < -0.4 is 21.0 Å². The van der Waals surface area contributed by atoms with Crippen molar-refractivity contribution in [2.45, 2.75) is 25.9 Å². The molecule has 44 heavy (non-hydrogen) atoms. The molecule has 0 N–H and O–H groups in total. The predicted octanol–water partition coefficient (Wildman–Crippen LogP) is 1.81. The van der Waals surface area contributed by atoms with Crippen molar-refractivity contribution in [3.8, 4) is 0 Å². The molecule has 0 aliphatic carbocycles. The first-order valence-electron chi connectivity index (χ1n) is 14.0. The van der Waals surface area contributed by atoms with E-state index in [-0.39, 0.29) is 29.6 Å². The number of anilines is 2. The van der Waals surface area contributed by atoms with Gasteiger partial charge in [-0.05, 0) is 36.2 Å². The molecule has 228 valence electrons. The van der Waals surface area contributed by atoms with Crippen LogP contribution in [0.25, 0.3) is 11.2 Å². The largest absolute Gasteiger partial charge is 0.340 e. The van der Waals surface area contributed by atoms with Gasteiger partial charge in [0.25, 0.3) is 17.2 Å². The Morgan fingerprint density at radius 2 is 1.66 bits per heavy atom. The Labute approximate surface area is 255 Å². The van der Waals surface area contributed by atoms with E-state index in [4.69, 9.17) is 16.6 Å². The fraction of sp³-hybridized carbons (Fsp3) is 0.345. The van der Waals surface area contributed by atoms with Crippen LogP contribution in [0.3, 0.4) is 0 Å². The third-order valence-corrected chi connectivity index (χ3v) is 8.63. The summed E-state index contributed by atoms with van der Waals surface area (Å²) in [4.78, 5) is 73.0. The maximum absolute atomic E-state index is 13.5. The first-order chi connectivity index (χ1) is 21.0. The lowest BCUT2D eigenvalue weighted by molar-refractivity contribution is -0.384. The Hall–Kier alpha value is -4.82. The maximum atomic E-state index is 13.5. The van der Waals surface area contributed by atoms with Crippen molar-refractivity contribution < 1.29 is 14.5 Å². The molecular weight excluding hydrogens is 592 g/mol. The van der Waals surface area contributed by atoms with Gasteiger partial charge in [0.2, 0.25) is 11.9 Å². The van der Waals surface area contributed by atoms with E-state index in [2.05, 4.69) is 0 Å². The minimum atomic E-state index is -0.666. The molecular formula is C29H29ClN8O6. The second-order valence-electron chi connectivity index (χ2n) is 11.0. The van der Waals surface area contributed by atoms with Crippen molar-refractivity contribution in [3.63, 3.8) is 0 Å². The lowest BCUT2D eigenvalue weighted by atomic mass is 10.1. The fourth-order valence-electron chi connectivity index (χ4n) is 5.99. The number of benzene rings is 2. The number of carbonyl (C=O) groups is 2. The van der Waals surface area contributed by atoms with Crippen LogP contribution in [0.4, 0.5) is 17.3 Å². The van der Waals surface area contributed by atoms with Crippen molar-refractivity contribution in [2.75, 3.05) is 36.0 Å². The normalized spacial score (nSPS) is 17.7. The van der Waals surface area contributed by atoms with Crippen molar-refractivity contribution >= 4 is 51.9 Å². The number of hydrogen-bond acceptors (Lipinski definition) is 9. The first kappa shape index (κ1) is 29.3. The van der Waals surface area contributed by atoms with E-state index in [0.29, 0.717) is 60.5 Å². The van der Waals surface area contributed by atoms with Gasteiger partial charge < -0.3 is 4.90 Å². The van der Waals surface area contributed by atoms with Gasteiger partial charge in [-0.25, -0.2) is 9.69 Å². The van der Waals surface area contributed by atoms with Crippen LogP contribution in [0, 0.1) is 17.0 Å². The number of nitrogens with zero attached hydrogens (tertiary/aromatic N) is 8. The van der Waals surface area contributed by atoms with Gasteiger partial charge in [0.1, 0.15) is 0 Å². The zero-order chi connectivity index (χ0) is 31.4. The molecule has 6 rings (SSSR count). The molecule has 14 nitrogen and oxygen atoms in total. The molecule has 2 saturated heterocycles. The Balaban J connectivity index is 1.27. The number of nitro benzene ring substituents is 1. The number of fused-ring (bicyclic) bond motifs is 1. The van der Waals surface area contributed by atoms with E-state index < -0.39 is 22.2 Å². The Morgan fingerprint density at radius 3 is 2.30 bits per heavy atom. The summed E-state index contributed by atoms with van der Waals surface area (Å²) >= 11 is 6.09. The standard InChI is InChI=1S/C29H29ClN8O6/c1-17-14-20(38(43)44)8-9-21(17)37-23(39)15-22(26(37)40)34-10-12-35(13-11-34)28-31-25-24(27(41)33(3)29(42)32(25)2)36(28)16-18-4-6-19(30)7-5-18/h4-9,14,22H,10-13,15-16H2,1-3H3. The number of imidazole rings is 1. The monoisotopic (exact) mass is 620 g/mol. The van der Waals surface area contributed by atoms with E-state index in [1.165, 1.54) is 29.8 Å². The Bertz CT molecular complexity index is 1960. The van der Waals surface area contributed by atoms with Crippen LogP contribution in [-0.2, 0) is 30.2 Å². The van der Waals surface area contributed by atoms with Gasteiger partial charge in [-0.2, -0.15) is 4.98 Å². The summed E-state index contributed by atoms with van der Waals surface area (Å²) in [6, 6.07) is 10.7. The minimum Gasteiger partial charge on any atom is -0.340 e. The summed E-state index contributed by atoms with van der Waals surface area (Å²) in [5.74, 6) is -0.209. The molecule has 0 saturated carbocycles. The number of carbonyl (C=O) groups excluding carboxylic acids is 2. The van der Waals surface area contributed by atoms with Crippen molar-refractivity contribution in [3.05, 3.63) is 89.6 Å². The highest BCUT2D eigenvalue weighted by atomic mass is 35.5. The molecule has 2 amide bonds. The van der Waals surface area contributed by atoms with Crippen molar-refractivity contribution in [2.24, 2.45) is 14.1 Å². The quantitative estimate of drug-likeness (QED) is 0.179. The van der Waals surface area contributed by atoms with Gasteiger partial charge in [-0.15, -0.1) is 0 Å². The lowest BCUT2D eigenvalue weighted by Gasteiger charge is -2.37. The number of hydrogen-bond donors (Lipinski definition) is 0. The third kappa shape index (κ3) is 4.85. The summed E-state index contributed by atoms with van der Waals surface area (Å²) in [5.41, 5.74) is 1.22. The number of piperazine rings is 1. The van der Waals surface area contributed by atoms with Gasteiger partial charge in [0.05, 0.1) is 29.6 Å². The van der Waals surface area contributed by atoms with Crippen LogP contribution in [-0.4, -0.2) is 72.5 Å². The van der Waals surface area contributed by atoms with Crippen molar-refractivity contribution in [1.29, 1.82) is 0 Å². The summed E-state index contributed by atoms with van der Waals surface area (Å²) in [5, 5.41) is 11.7. The second kappa shape index (κ2) is 11.0. The molecule has 4 heterocycles. The van der Waals surface area contributed by atoms with E-state index in [9.17, 15) is 29.3 Å². The van der Waals surface area contributed by atoms with Crippen LogP contribution in [0.15, 0.2) is 52.1 Å². The van der Waals surface area contributed by atoms with Gasteiger partial charge >= 0.3 is 5.69 Å². The lowest BCUT2D eigenvalue weighted by Crippen LogP contribution is -2.53. The molecule has 4 aromatic rings. The summed E-state index contributed by atoms with van der Waals surface area (Å²) < 4.78 is 4.22. The van der Waals surface area contributed by atoms with Gasteiger partial charge in [-0.1, -0.05) is 23.7 Å². The van der Waals surface area contributed by atoms with Gasteiger partial charge in [0.15, 0.2) is 11.2 Å². The predicted molar refractivity (Wildman–Crippen MR) is 163 cm³/mol. The molecule has 2 fully saturated rings. The molecule has 1 unspecified atom stereocenters. The third-order valence-electron chi connectivity index (χ3n) is 8.37. The molecule has 0 spiro atoms. The average Bonchev–Trinajstić information content (AvgIpc) is 3.52. The molecule has 2 aliphatic heterocycles. The second-order valence-corrected chi connectivity index (χ2v) is 11.5. The van der Waals surface area contributed by atoms with E-state index in [1.54, 1.807) is 30.7 Å². The maximum Gasteiger partial charge on any atom is 0.332 e. The van der Waals surface area contributed by atoms with Crippen LogP contribution in [0.5, 0.6) is 0 Å². The highest BCUT2D eigenvalue weighted by Crippen LogP contribution is 2.31. The van der Waals surface area contributed by atoms with Gasteiger partial charge in [-0.3, -0.25) is 43.1 Å². The van der Waals surface area contributed by atoms with Crippen LogP contribution in [0.1, 0.15) is 17.5 Å². The zero-order valence-corrected chi connectivity index (χ0v) is 25.0. The zero-order valence-electron chi connectivity index (χ0n) is 24.3. The number of halogens is 1. The minimum absolute atomic E-state index is 0.00247. The molecule has 15 heteroatoms. The molecule has 2 aliphatic rings. The number of non-ortho nitro benzene ring substituents is 1. The summed E-state index contributed by atoms with van der Waals surface area (Å²) in [7, 11) is 3.01. The molecule has 0 radical (unpaired) electrons. The van der Waals surface area contributed by atoms with E-state index >= 15 is 0 Å². The topological polar surface area (TPSA) is 149 Å². The first-order valence-corrected chi connectivity index (χ1v) is 14.4. The summed E-state index contributed by atoms with van der Waals surface area (Å²) in [6.45, 7) is 3.74. The highest BCUT2D eigenvalue weighted by Gasteiger charge is 2.44. The van der Waals surface area contributed by atoms with E-state index in [0.717, 1.165) is 15.0 Å². The van der Waals surface area contributed by atoms with Crippen molar-refractivity contribution in [1.82, 2.24) is 23.6 Å². The van der Waals surface area contributed by atoms with Gasteiger partial charge in [0, 0.05) is 57.4 Å². The number of rotatable bonds is 6. The van der Waals surface area contributed by atoms with Crippen LogP contribution in [0.2, 0.25) is 5.02 Å². The Morgan fingerprint density at radius 1 is 0.977 bits per heavy atom. The SMILES string of the molecule is Cc1cc([N+](=O)[O-])ccc1N1C(=O)CC(N2CCN(c3nc4c(c(=O)n(C)c(=O)n4C)n3Cc3ccc(Cl)cc3)CC2)C1=O. The number of aromatic nitrogens is 4. The van der Waals surface area contributed by atoms with E-state index in [1.807, 2.05) is 21.9 Å². The number of nitro groups is 1. The molecule has 1 atom stereocenters. The molecule has 2 aromatic heterocycles. The smallest absolute Gasteiger partial charge is 0.332 e. The fourth-order valence-corrected chi connectivity index (χ4v) is 6.12. The molecule has 0 bridgehead atoms. The summed E-state index contributed by atoms with van der Waals surface area (Å²) in [6.07, 6.45) is 0.00247. The number of aryl methyl sites for hydroxylation is 2. The average molecular weight is 621 g/mol. The number of imide groups is 1. The molecule has 2 aromatic carbocycles. The number of amides is 2.